The Balaban J connectivity index is 2.08. The van der Waals surface area contributed by atoms with Crippen molar-refractivity contribution in [1.82, 2.24) is 20.0 Å². The Morgan fingerprint density at radius 1 is 1.19 bits per heavy atom. The van der Waals surface area contributed by atoms with Crippen LogP contribution in [-0.4, -0.2) is 24.9 Å². The summed E-state index contributed by atoms with van der Waals surface area (Å²) in [6, 6.07) is 8.56. The molecule has 0 bridgehead atoms. The summed E-state index contributed by atoms with van der Waals surface area (Å²) in [5, 5.41) is 3.17. The first-order chi connectivity index (χ1) is 10.1. The Bertz CT molecular complexity index is 674. The van der Waals surface area contributed by atoms with Crippen LogP contribution in [0.4, 0.5) is 0 Å². The lowest BCUT2D eigenvalue weighted by Gasteiger charge is -2.08. The highest BCUT2D eigenvalue weighted by molar-refractivity contribution is 7.89. The molecule has 0 aliphatic rings. The van der Waals surface area contributed by atoms with E-state index in [1.54, 1.807) is 30.5 Å². The van der Waals surface area contributed by atoms with Crippen LogP contribution in [0.3, 0.4) is 0 Å². The van der Waals surface area contributed by atoms with Crippen LogP contribution in [0.25, 0.3) is 0 Å². The average Bonchev–Trinajstić information content (AvgIpc) is 2.52. The minimum absolute atomic E-state index is 0.141. The van der Waals surface area contributed by atoms with Crippen LogP contribution in [0, 0.1) is 0 Å². The van der Waals surface area contributed by atoms with E-state index in [1.165, 1.54) is 6.33 Å². The lowest BCUT2D eigenvalue weighted by molar-refractivity contribution is 0.580. The van der Waals surface area contributed by atoms with E-state index in [0.29, 0.717) is 12.2 Å². The zero-order valence-corrected chi connectivity index (χ0v) is 12.6. The zero-order chi connectivity index (χ0) is 15.1. The minimum atomic E-state index is -3.54. The van der Waals surface area contributed by atoms with Gasteiger partial charge >= 0.3 is 0 Å². The number of hydrogen-bond donors (Lipinski definition) is 2. The molecule has 2 rings (SSSR count). The molecule has 6 nitrogen and oxygen atoms in total. The smallest absolute Gasteiger partial charge is 0.240 e. The summed E-state index contributed by atoms with van der Waals surface area (Å²) >= 11 is 0. The van der Waals surface area contributed by atoms with Gasteiger partial charge in [0.1, 0.15) is 6.33 Å². The summed E-state index contributed by atoms with van der Waals surface area (Å²) in [6.07, 6.45) is 2.97. The van der Waals surface area contributed by atoms with E-state index in [2.05, 4.69) is 20.0 Å². The summed E-state index contributed by atoms with van der Waals surface area (Å²) in [7, 11) is -3.54. The van der Waals surface area contributed by atoms with E-state index < -0.39 is 10.0 Å². The molecule has 0 aliphatic carbocycles. The molecule has 0 aliphatic heterocycles. The van der Waals surface area contributed by atoms with Crippen molar-refractivity contribution in [2.24, 2.45) is 0 Å². The fourth-order valence-electron chi connectivity index (χ4n) is 1.77. The fraction of sp³-hybridized carbons (Fsp3) is 0.286. The molecule has 1 aromatic heterocycles. The van der Waals surface area contributed by atoms with Crippen molar-refractivity contribution in [3.63, 3.8) is 0 Å². The first-order valence-electron chi connectivity index (χ1n) is 6.66. The summed E-state index contributed by atoms with van der Waals surface area (Å²) in [5.41, 5.74) is 1.55. The molecule has 0 radical (unpaired) electrons. The number of sulfonamides is 1. The molecule has 0 saturated heterocycles. The van der Waals surface area contributed by atoms with Crippen LogP contribution in [-0.2, 0) is 23.1 Å². The molecule has 0 spiro atoms. The van der Waals surface area contributed by atoms with Crippen LogP contribution in [0.2, 0.25) is 0 Å². The third kappa shape index (κ3) is 4.59. The maximum atomic E-state index is 12.3. The van der Waals surface area contributed by atoms with Gasteiger partial charge in [-0.1, -0.05) is 19.1 Å². The number of nitrogens with one attached hydrogen (secondary N) is 2. The van der Waals surface area contributed by atoms with Crippen molar-refractivity contribution in [2.75, 3.05) is 6.54 Å². The first-order valence-corrected chi connectivity index (χ1v) is 8.14. The Morgan fingerprint density at radius 3 is 2.76 bits per heavy atom. The second kappa shape index (κ2) is 7.26. The lowest BCUT2D eigenvalue weighted by atomic mass is 10.2. The van der Waals surface area contributed by atoms with Gasteiger partial charge in [-0.2, -0.15) is 0 Å². The van der Waals surface area contributed by atoms with Crippen LogP contribution in [0.1, 0.15) is 18.2 Å². The van der Waals surface area contributed by atoms with Crippen LogP contribution in [0.15, 0.2) is 47.8 Å². The molecule has 0 fully saturated rings. The molecular formula is C14H18N4O2S. The highest BCUT2D eigenvalue weighted by atomic mass is 32.2. The molecule has 2 N–H and O–H groups in total. The normalized spacial score (nSPS) is 11.5. The maximum Gasteiger partial charge on any atom is 0.240 e. The van der Waals surface area contributed by atoms with Gasteiger partial charge in [0.25, 0.3) is 0 Å². The Hall–Kier alpha value is -1.83. The van der Waals surface area contributed by atoms with Gasteiger partial charge in [-0.3, -0.25) is 0 Å². The van der Waals surface area contributed by atoms with Crippen molar-refractivity contribution < 1.29 is 8.42 Å². The molecule has 0 unspecified atom stereocenters. The average molecular weight is 306 g/mol. The third-order valence-corrected chi connectivity index (χ3v) is 4.27. The number of nitrogens with zero attached hydrogens (tertiary/aromatic N) is 2. The minimum Gasteiger partial charge on any atom is -0.313 e. The third-order valence-electron chi connectivity index (χ3n) is 2.87. The Morgan fingerprint density at radius 2 is 2.05 bits per heavy atom. The molecule has 1 heterocycles. The molecule has 1 aromatic carbocycles. The van der Waals surface area contributed by atoms with E-state index in [4.69, 9.17) is 0 Å². The summed E-state index contributed by atoms with van der Waals surface area (Å²) in [6.45, 7) is 3.63. The quantitative estimate of drug-likeness (QED) is 0.799. The molecule has 7 heteroatoms. The number of rotatable bonds is 7. The van der Waals surface area contributed by atoms with Gasteiger partial charge in [-0.05, 0) is 30.3 Å². The van der Waals surface area contributed by atoms with Crippen molar-refractivity contribution in [3.8, 4) is 0 Å². The highest BCUT2D eigenvalue weighted by Gasteiger charge is 2.14. The Labute approximate surface area is 124 Å². The number of hydrogen-bond acceptors (Lipinski definition) is 5. The molecule has 112 valence electrons. The van der Waals surface area contributed by atoms with Crippen molar-refractivity contribution in [2.45, 2.75) is 24.9 Å². The summed E-state index contributed by atoms with van der Waals surface area (Å²) in [4.78, 5) is 8.03. The zero-order valence-electron chi connectivity index (χ0n) is 11.8. The standard InChI is InChI=1S/C14H18N4O2S/c1-2-15-9-12-4-3-5-14(8-12)21(19,20)18-10-13-6-7-16-11-17-13/h3-8,11,15,18H,2,9-10H2,1H3. The van der Waals surface area contributed by atoms with E-state index >= 15 is 0 Å². The van der Waals surface area contributed by atoms with E-state index in [1.807, 2.05) is 13.0 Å². The predicted molar refractivity (Wildman–Crippen MR) is 79.9 cm³/mol. The van der Waals surface area contributed by atoms with Gasteiger partial charge in [-0.25, -0.2) is 23.1 Å². The van der Waals surface area contributed by atoms with E-state index in [0.717, 1.165) is 12.1 Å². The molecule has 2 aromatic rings. The number of aromatic nitrogens is 2. The lowest BCUT2D eigenvalue weighted by Crippen LogP contribution is -2.24. The highest BCUT2D eigenvalue weighted by Crippen LogP contribution is 2.12. The van der Waals surface area contributed by atoms with Gasteiger partial charge in [0.05, 0.1) is 17.1 Å². The van der Waals surface area contributed by atoms with Gasteiger partial charge in [-0.15, -0.1) is 0 Å². The second-order valence-electron chi connectivity index (χ2n) is 4.45. The van der Waals surface area contributed by atoms with Gasteiger partial charge < -0.3 is 5.32 Å². The van der Waals surface area contributed by atoms with E-state index in [-0.39, 0.29) is 11.4 Å². The molecule has 0 atom stereocenters. The van der Waals surface area contributed by atoms with Crippen LogP contribution in [0.5, 0.6) is 0 Å². The van der Waals surface area contributed by atoms with Crippen molar-refractivity contribution in [1.29, 1.82) is 0 Å². The van der Waals surface area contributed by atoms with Crippen LogP contribution >= 0.6 is 0 Å². The molecule has 21 heavy (non-hydrogen) atoms. The van der Waals surface area contributed by atoms with Gasteiger partial charge in [0.15, 0.2) is 0 Å². The van der Waals surface area contributed by atoms with E-state index in [9.17, 15) is 8.42 Å². The second-order valence-corrected chi connectivity index (χ2v) is 6.22. The topological polar surface area (TPSA) is 84.0 Å². The van der Waals surface area contributed by atoms with Gasteiger partial charge in [0.2, 0.25) is 10.0 Å². The molecular weight excluding hydrogens is 288 g/mol. The van der Waals surface area contributed by atoms with Crippen molar-refractivity contribution >= 4 is 10.0 Å². The first kappa shape index (κ1) is 15.6. The molecule has 0 saturated carbocycles. The molecule has 0 amide bonds. The van der Waals surface area contributed by atoms with Crippen LogP contribution < -0.4 is 10.0 Å². The fourth-order valence-corrected chi connectivity index (χ4v) is 2.84. The summed E-state index contributed by atoms with van der Waals surface area (Å²) < 4.78 is 27.0. The Kier molecular flexibility index (Phi) is 5.38. The SMILES string of the molecule is CCNCc1cccc(S(=O)(=O)NCc2ccncn2)c1. The maximum absolute atomic E-state index is 12.3. The largest absolute Gasteiger partial charge is 0.313 e. The van der Waals surface area contributed by atoms with Crippen molar-refractivity contribution in [3.05, 3.63) is 54.1 Å². The van der Waals surface area contributed by atoms with Gasteiger partial charge in [0, 0.05) is 12.7 Å². The monoisotopic (exact) mass is 306 g/mol. The summed E-state index contributed by atoms with van der Waals surface area (Å²) in [5.74, 6) is 0. The predicted octanol–water partition coefficient (Wildman–Crippen LogP) is 1.06. The number of benzene rings is 1.